The molecule has 0 aromatic heterocycles. The summed E-state index contributed by atoms with van der Waals surface area (Å²) in [6, 6.07) is 14.7. The number of nitrogens with zero attached hydrogens (tertiary/aromatic N) is 1. The topological polar surface area (TPSA) is 58.5 Å². The number of nitrogens with one attached hydrogen (secondary N) is 1. The minimum absolute atomic E-state index is 0.226. The first-order valence-electron chi connectivity index (χ1n) is 7.43. The van der Waals surface area contributed by atoms with E-state index in [1.54, 1.807) is 36.0 Å². The minimum Gasteiger partial charge on any atom is -0.200 e. The standard InChI is InChI=1S/C17H18N2O2S2/c1-13-8-10-14(11-9-13)23(20,21)19-18-16-6-4-12-22-17-7-3-2-5-15(16)17/h2-3,5,7-11,19H,4,6,12H2,1H3/b18-16+. The molecule has 0 aliphatic carbocycles. The smallest absolute Gasteiger partial charge is 0.200 e. The molecule has 6 heteroatoms. The van der Waals surface area contributed by atoms with Crippen LogP contribution in [0.3, 0.4) is 0 Å². The van der Waals surface area contributed by atoms with E-state index in [1.807, 2.05) is 25.1 Å². The van der Waals surface area contributed by atoms with Crippen molar-refractivity contribution in [2.75, 3.05) is 5.75 Å². The third-order valence-electron chi connectivity index (χ3n) is 3.65. The van der Waals surface area contributed by atoms with Gasteiger partial charge in [-0.3, -0.25) is 0 Å². The summed E-state index contributed by atoms with van der Waals surface area (Å²) in [5.74, 6) is 1.01. The van der Waals surface area contributed by atoms with E-state index < -0.39 is 10.0 Å². The highest BCUT2D eigenvalue weighted by Gasteiger charge is 2.16. The van der Waals surface area contributed by atoms with Crippen molar-refractivity contribution in [2.45, 2.75) is 29.6 Å². The van der Waals surface area contributed by atoms with E-state index in [-0.39, 0.29) is 4.90 Å². The van der Waals surface area contributed by atoms with Crippen LogP contribution in [-0.4, -0.2) is 19.9 Å². The monoisotopic (exact) mass is 346 g/mol. The lowest BCUT2D eigenvalue weighted by Gasteiger charge is -2.09. The van der Waals surface area contributed by atoms with Crippen molar-refractivity contribution < 1.29 is 8.42 Å². The van der Waals surface area contributed by atoms with Crippen LogP contribution in [0.5, 0.6) is 0 Å². The lowest BCUT2D eigenvalue weighted by atomic mass is 10.1. The Morgan fingerprint density at radius 1 is 1.09 bits per heavy atom. The molecule has 2 aromatic carbocycles. The average molecular weight is 346 g/mol. The molecular formula is C17H18N2O2S2. The van der Waals surface area contributed by atoms with Gasteiger partial charge in [0.05, 0.1) is 10.6 Å². The number of sulfonamides is 1. The number of hydrogen-bond donors (Lipinski definition) is 1. The maximum Gasteiger partial charge on any atom is 0.276 e. The molecule has 0 spiro atoms. The van der Waals surface area contributed by atoms with Gasteiger partial charge < -0.3 is 0 Å². The van der Waals surface area contributed by atoms with Crippen molar-refractivity contribution in [1.82, 2.24) is 4.83 Å². The molecule has 0 amide bonds. The molecule has 2 aromatic rings. The van der Waals surface area contributed by atoms with Gasteiger partial charge in [-0.15, -0.1) is 11.8 Å². The van der Waals surface area contributed by atoms with Crippen LogP contribution in [0.4, 0.5) is 0 Å². The predicted molar refractivity (Wildman–Crippen MR) is 94.4 cm³/mol. The van der Waals surface area contributed by atoms with Gasteiger partial charge in [0, 0.05) is 10.5 Å². The zero-order valence-corrected chi connectivity index (χ0v) is 14.5. The van der Waals surface area contributed by atoms with E-state index in [9.17, 15) is 8.42 Å². The molecule has 0 atom stereocenters. The van der Waals surface area contributed by atoms with Gasteiger partial charge in [0.1, 0.15) is 0 Å². The molecule has 23 heavy (non-hydrogen) atoms. The van der Waals surface area contributed by atoms with E-state index in [1.165, 1.54) is 0 Å². The normalized spacial score (nSPS) is 16.7. The maximum atomic E-state index is 12.4. The molecule has 4 nitrogen and oxygen atoms in total. The van der Waals surface area contributed by atoms with Gasteiger partial charge in [0.2, 0.25) is 0 Å². The Hall–Kier alpha value is -1.79. The summed E-state index contributed by atoms with van der Waals surface area (Å²) < 4.78 is 24.7. The van der Waals surface area contributed by atoms with Crippen LogP contribution in [0.1, 0.15) is 24.0 Å². The van der Waals surface area contributed by atoms with E-state index >= 15 is 0 Å². The first kappa shape index (κ1) is 16.1. The van der Waals surface area contributed by atoms with Gasteiger partial charge in [-0.2, -0.15) is 18.4 Å². The molecule has 0 bridgehead atoms. The number of aryl methyl sites for hydroxylation is 1. The molecule has 1 aliphatic rings. The molecular weight excluding hydrogens is 328 g/mol. The number of benzene rings is 2. The van der Waals surface area contributed by atoms with Crippen LogP contribution in [0.15, 0.2) is 63.4 Å². The van der Waals surface area contributed by atoms with Crippen molar-refractivity contribution in [3.8, 4) is 0 Å². The fourth-order valence-electron chi connectivity index (χ4n) is 2.39. The fraction of sp³-hybridized carbons (Fsp3) is 0.235. The quantitative estimate of drug-likeness (QED) is 0.865. The van der Waals surface area contributed by atoms with Crippen molar-refractivity contribution in [2.24, 2.45) is 5.10 Å². The van der Waals surface area contributed by atoms with E-state index in [0.29, 0.717) is 0 Å². The van der Waals surface area contributed by atoms with Crippen molar-refractivity contribution >= 4 is 27.5 Å². The molecule has 0 saturated heterocycles. The second-order valence-electron chi connectivity index (χ2n) is 5.41. The molecule has 0 saturated carbocycles. The van der Waals surface area contributed by atoms with Crippen LogP contribution in [0.25, 0.3) is 0 Å². The second kappa shape index (κ2) is 6.76. The lowest BCUT2D eigenvalue weighted by molar-refractivity contribution is 0.584. The summed E-state index contributed by atoms with van der Waals surface area (Å²) in [6.45, 7) is 1.92. The molecule has 0 fully saturated rings. The number of hydrazone groups is 1. The van der Waals surface area contributed by atoms with Gasteiger partial charge in [-0.25, -0.2) is 0 Å². The molecule has 1 heterocycles. The summed E-state index contributed by atoms with van der Waals surface area (Å²) in [5.41, 5.74) is 2.83. The summed E-state index contributed by atoms with van der Waals surface area (Å²) in [7, 11) is -3.64. The number of thioether (sulfide) groups is 1. The fourth-order valence-corrected chi connectivity index (χ4v) is 4.24. The first-order chi connectivity index (χ1) is 11.1. The third-order valence-corrected chi connectivity index (χ3v) is 6.03. The molecule has 0 unspecified atom stereocenters. The van der Waals surface area contributed by atoms with E-state index in [4.69, 9.17) is 0 Å². The molecule has 3 rings (SSSR count). The Kier molecular flexibility index (Phi) is 4.73. The molecule has 120 valence electrons. The highest BCUT2D eigenvalue weighted by atomic mass is 32.2. The third kappa shape index (κ3) is 3.76. The van der Waals surface area contributed by atoms with Crippen LogP contribution in [-0.2, 0) is 10.0 Å². The van der Waals surface area contributed by atoms with Gasteiger partial charge in [-0.05, 0) is 43.7 Å². The Balaban J connectivity index is 1.88. The Morgan fingerprint density at radius 2 is 1.83 bits per heavy atom. The summed E-state index contributed by atoms with van der Waals surface area (Å²) in [5, 5.41) is 4.22. The zero-order chi connectivity index (χ0) is 16.3. The molecule has 1 aliphatic heterocycles. The Bertz CT molecular complexity index is 828. The van der Waals surface area contributed by atoms with E-state index in [0.717, 1.165) is 40.3 Å². The van der Waals surface area contributed by atoms with Gasteiger partial charge in [-0.1, -0.05) is 35.9 Å². The Morgan fingerprint density at radius 3 is 2.61 bits per heavy atom. The van der Waals surface area contributed by atoms with Crippen LogP contribution >= 0.6 is 11.8 Å². The summed E-state index contributed by atoms with van der Waals surface area (Å²) in [6.07, 6.45) is 1.74. The highest BCUT2D eigenvalue weighted by molar-refractivity contribution is 7.99. The SMILES string of the molecule is Cc1ccc(S(=O)(=O)N/N=C2\CCCSc3ccccc32)cc1. The zero-order valence-electron chi connectivity index (χ0n) is 12.8. The van der Waals surface area contributed by atoms with Crippen molar-refractivity contribution in [3.05, 3.63) is 59.7 Å². The molecule has 0 radical (unpaired) electrons. The second-order valence-corrected chi connectivity index (χ2v) is 8.21. The maximum absolute atomic E-state index is 12.4. The van der Waals surface area contributed by atoms with Crippen molar-refractivity contribution in [1.29, 1.82) is 0 Å². The average Bonchev–Trinajstić information content (AvgIpc) is 2.76. The number of rotatable bonds is 3. The van der Waals surface area contributed by atoms with Gasteiger partial charge >= 0.3 is 0 Å². The van der Waals surface area contributed by atoms with Gasteiger partial charge in [0.25, 0.3) is 10.0 Å². The highest BCUT2D eigenvalue weighted by Crippen LogP contribution is 2.29. The Labute approximate surface area is 141 Å². The lowest BCUT2D eigenvalue weighted by Crippen LogP contribution is -2.20. The van der Waals surface area contributed by atoms with Crippen LogP contribution in [0, 0.1) is 6.92 Å². The first-order valence-corrected chi connectivity index (χ1v) is 9.90. The van der Waals surface area contributed by atoms with Crippen LogP contribution in [0.2, 0.25) is 0 Å². The predicted octanol–water partition coefficient (Wildman–Crippen LogP) is 3.56. The van der Waals surface area contributed by atoms with Crippen molar-refractivity contribution in [3.63, 3.8) is 0 Å². The van der Waals surface area contributed by atoms with Crippen LogP contribution < -0.4 is 4.83 Å². The largest absolute Gasteiger partial charge is 0.276 e. The van der Waals surface area contributed by atoms with Gasteiger partial charge in [0.15, 0.2) is 0 Å². The number of fused-ring (bicyclic) bond motifs is 1. The summed E-state index contributed by atoms with van der Waals surface area (Å²) in [4.78, 5) is 3.76. The molecule has 1 N–H and O–H groups in total. The summed E-state index contributed by atoms with van der Waals surface area (Å²) >= 11 is 1.79. The van der Waals surface area contributed by atoms with E-state index in [2.05, 4.69) is 16.0 Å². The number of hydrogen-bond acceptors (Lipinski definition) is 4. The minimum atomic E-state index is -3.64.